The number of amides is 1. The van der Waals surface area contributed by atoms with Gasteiger partial charge in [0.25, 0.3) is 5.91 Å². The number of ether oxygens (including phenoxy) is 1. The minimum Gasteiger partial charge on any atom is -0.369 e. The van der Waals surface area contributed by atoms with E-state index in [1.807, 2.05) is 13.8 Å². The maximum Gasteiger partial charge on any atom is 0.252 e. The smallest absolute Gasteiger partial charge is 0.252 e. The fourth-order valence-corrected chi connectivity index (χ4v) is 1.51. The van der Waals surface area contributed by atoms with Crippen LogP contribution in [-0.4, -0.2) is 37.7 Å². The van der Waals surface area contributed by atoms with E-state index in [1.165, 1.54) is 0 Å². The maximum absolute atomic E-state index is 11.8. The quantitative estimate of drug-likeness (QED) is 0.685. The predicted octanol–water partition coefficient (Wildman–Crippen LogP) is 0.280. The first-order valence-corrected chi connectivity index (χ1v) is 5.19. The molecule has 1 saturated heterocycles. The monoisotopic (exact) mass is 200 g/mol. The number of hydrogen-bond acceptors (Lipinski definition) is 3. The van der Waals surface area contributed by atoms with E-state index in [2.05, 4.69) is 10.6 Å². The Morgan fingerprint density at radius 1 is 1.71 bits per heavy atom. The van der Waals surface area contributed by atoms with Gasteiger partial charge in [-0.2, -0.15) is 0 Å². The van der Waals surface area contributed by atoms with Crippen molar-refractivity contribution in [2.75, 3.05) is 20.2 Å². The van der Waals surface area contributed by atoms with Crippen LogP contribution < -0.4 is 10.6 Å². The molecule has 1 heterocycles. The second-order valence-corrected chi connectivity index (χ2v) is 3.95. The van der Waals surface area contributed by atoms with E-state index in [0.717, 1.165) is 19.5 Å². The van der Waals surface area contributed by atoms with Crippen LogP contribution in [0.3, 0.4) is 0 Å². The van der Waals surface area contributed by atoms with Gasteiger partial charge < -0.3 is 15.4 Å². The van der Waals surface area contributed by atoms with Gasteiger partial charge in [0.15, 0.2) is 0 Å². The Labute approximate surface area is 85.4 Å². The first kappa shape index (κ1) is 11.5. The van der Waals surface area contributed by atoms with Crippen molar-refractivity contribution in [1.29, 1.82) is 0 Å². The fraction of sp³-hybridized carbons (Fsp3) is 0.900. The van der Waals surface area contributed by atoms with Gasteiger partial charge in [-0.25, -0.2) is 0 Å². The van der Waals surface area contributed by atoms with Crippen LogP contribution in [0.15, 0.2) is 0 Å². The van der Waals surface area contributed by atoms with Crippen molar-refractivity contribution in [3.63, 3.8) is 0 Å². The summed E-state index contributed by atoms with van der Waals surface area (Å²) in [5.41, 5.74) is -0.678. The van der Waals surface area contributed by atoms with Crippen LogP contribution in [0.1, 0.15) is 26.7 Å². The molecule has 0 bridgehead atoms. The lowest BCUT2D eigenvalue weighted by molar-refractivity contribution is -0.142. The molecule has 0 aliphatic carbocycles. The van der Waals surface area contributed by atoms with Gasteiger partial charge in [0.2, 0.25) is 0 Å². The van der Waals surface area contributed by atoms with Crippen molar-refractivity contribution >= 4 is 5.91 Å². The highest BCUT2D eigenvalue weighted by molar-refractivity contribution is 5.85. The molecule has 0 aromatic heterocycles. The highest BCUT2D eigenvalue weighted by atomic mass is 16.5. The van der Waals surface area contributed by atoms with Crippen molar-refractivity contribution in [2.24, 2.45) is 0 Å². The molecule has 0 aromatic carbocycles. The zero-order valence-corrected chi connectivity index (χ0v) is 9.22. The first-order chi connectivity index (χ1) is 6.62. The summed E-state index contributed by atoms with van der Waals surface area (Å²) in [6.45, 7) is 5.64. The summed E-state index contributed by atoms with van der Waals surface area (Å²) in [5.74, 6) is -0.00352. The van der Waals surface area contributed by atoms with E-state index in [4.69, 9.17) is 4.74 Å². The van der Waals surface area contributed by atoms with E-state index >= 15 is 0 Å². The average molecular weight is 200 g/mol. The fourth-order valence-electron chi connectivity index (χ4n) is 1.51. The Bertz CT molecular complexity index is 196. The molecule has 2 unspecified atom stereocenters. The van der Waals surface area contributed by atoms with Gasteiger partial charge >= 0.3 is 0 Å². The molecule has 1 aliphatic heterocycles. The van der Waals surface area contributed by atoms with Crippen molar-refractivity contribution < 1.29 is 9.53 Å². The second kappa shape index (κ2) is 4.75. The van der Waals surface area contributed by atoms with Gasteiger partial charge in [0.1, 0.15) is 5.60 Å². The molecule has 1 fully saturated rings. The SMILES string of the molecule is CCC(C)(OC)C(=O)NC1CCNC1. The van der Waals surface area contributed by atoms with Gasteiger partial charge in [-0.15, -0.1) is 0 Å². The molecule has 2 N–H and O–H groups in total. The third-order valence-corrected chi connectivity index (χ3v) is 3.00. The van der Waals surface area contributed by atoms with Crippen LogP contribution in [0.25, 0.3) is 0 Å². The standard InChI is InChI=1S/C10H20N2O2/c1-4-10(2,14-3)9(13)12-8-5-6-11-7-8/h8,11H,4-7H2,1-3H3,(H,12,13). The number of carbonyl (C=O) groups is 1. The van der Waals surface area contributed by atoms with Gasteiger partial charge in [0, 0.05) is 19.7 Å². The molecule has 1 amide bonds. The molecule has 0 radical (unpaired) electrons. The number of hydrogen-bond donors (Lipinski definition) is 2. The van der Waals surface area contributed by atoms with Crippen molar-refractivity contribution in [3.05, 3.63) is 0 Å². The zero-order valence-electron chi connectivity index (χ0n) is 9.22. The normalized spacial score (nSPS) is 25.8. The third-order valence-electron chi connectivity index (χ3n) is 3.00. The second-order valence-electron chi connectivity index (χ2n) is 3.95. The summed E-state index contributed by atoms with van der Waals surface area (Å²) < 4.78 is 5.23. The Hall–Kier alpha value is -0.610. The molecule has 0 aromatic rings. The summed E-state index contributed by atoms with van der Waals surface area (Å²) in [6, 6.07) is 0.267. The molecule has 2 atom stereocenters. The lowest BCUT2D eigenvalue weighted by atomic mass is 10.0. The van der Waals surface area contributed by atoms with Gasteiger partial charge in [-0.05, 0) is 26.3 Å². The molecule has 1 rings (SSSR count). The van der Waals surface area contributed by atoms with Gasteiger partial charge in [-0.1, -0.05) is 6.92 Å². The van der Waals surface area contributed by atoms with E-state index in [9.17, 15) is 4.79 Å². The molecular weight excluding hydrogens is 180 g/mol. The van der Waals surface area contributed by atoms with Crippen molar-refractivity contribution in [1.82, 2.24) is 10.6 Å². The minimum absolute atomic E-state index is 0.00352. The summed E-state index contributed by atoms with van der Waals surface area (Å²) in [4.78, 5) is 11.8. The summed E-state index contributed by atoms with van der Waals surface area (Å²) in [5, 5.41) is 6.20. The highest BCUT2D eigenvalue weighted by Crippen LogP contribution is 2.14. The Morgan fingerprint density at radius 3 is 2.86 bits per heavy atom. The summed E-state index contributed by atoms with van der Waals surface area (Å²) >= 11 is 0. The van der Waals surface area contributed by atoms with Crippen LogP contribution in [0.5, 0.6) is 0 Å². The third kappa shape index (κ3) is 2.45. The Morgan fingerprint density at radius 2 is 2.43 bits per heavy atom. The van der Waals surface area contributed by atoms with Crippen molar-refractivity contribution in [3.8, 4) is 0 Å². The molecule has 4 heteroatoms. The number of methoxy groups -OCH3 is 1. The van der Waals surface area contributed by atoms with E-state index in [1.54, 1.807) is 7.11 Å². The maximum atomic E-state index is 11.8. The van der Waals surface area contributed by atoms with E-state index in [-0.39, 0.29) is 11.9 Å². The van der Waals surface area contributed by atoms with Gasteiger partial charge in [0.05, 0.1) is 0 Å². The van der Waals surface area contributed by atoms with Crippen LogP contribution in [0, 0.1) is 0 Å². The van der Waals surface area contributed by atoms with Crippen LogP contribution >= 0.6 is 0 Å². The zero-order chi connectivity index (χ0) is 10.6. The van der Waals surface area contributed by atoms with Crippen LogP contribution in [-0.2, 0) is 9.53 Å². The van der Waals surface area contributed by atoms with Crippen LogP contribution in [0.2, 0.25) is 0 Å². The Balaban J connectivity index is 2.46. The average Bonchev–Trinajstić information content (AvgIpc) is 2.69. The topological polar surface area (TPSA) is 50.4 Å². The molecule has 0 saturated carbocycles. The number of nitrogens with one attached hydrogen (secondary N) is 2. The van der Waals surface area contributed by atoms with E-state index < -0.39 is 5.60 Å². The lowest BCUT2D eigenvalue weighted by Crippen LogP contribution is -2.49. The van der Waals surface area contributed by atoms with Gasteiger partial charge in [-0.3, -0.25) is 4.79 Å². The molecule has 82 valence electrons. The van der Waals surface area contributed by atoms with Crippen molar-refractivity contribution in [2.45, 2.75) is 38.3 Å². The van der Waals surface area contributed by atoms with Crippen LogP contribution in [0.4, 0.5) is 0 Å². The lowest BCUT2D eigenvalue weighted by Gasteiger charge is -2.26. The molecule has 14 heavy (non-hydrogen) atoms. The minimum atomic E-state index is -0.678. The number of rotatable bonds is 4. The predicted molar refractivity (Wildman–Crippen MR) is 55.1 cm³/mol. The Kier molecular flexibility index (Phi) is 3.89. The highest BCUT2D eigenvalue weighted by Gasteiger charge is 2.32. The molecular formula is C10H20N2O2. The van der Waals surface area contributed by atoms with E-state index in [0.29, 0.717) is 6.42 Å². The molecule has 1 aliphatic rings. The molecule has 0 spiro atoms. The summed E-state index contributed by atoms with van der Waals surface area (Å²) in [7, 11) is 1.58. The first-order valence-electron chi connectivity index (χ1n) is 5.19. The molecule has 4 nitrogen and oxygen atoms in total. The number of carbonyl (C=O) groups excluding carboxylic acids is 1. The largest absolute Gasteiger partial charge is 0.369 e. The summed E-state index contributed by atoms with van der Waals surface area (Å²) in [6.07, 6.45) is 1.70.